The van der Waals surface area contributed by atoms with Crippen molar-refractivity contribution in [3.05, 3.63) is 52.5 Å². The lowest BCUT2D eigenvalue weighted by atomic mass is 9.89. The minimum Gasteiger partial charge on any atom is -0.504 e. The van der Waals surface area contributed by atoms with Gasteiger partial charge in [0.05, 0.1) is 11.1 Å². The van der Waals surface area contributed by atoms with Crippen molar-refractivity contribution in [2.45, 2.75) is 37.8 Å². The lowest BCUT2D eigenvalue weighted by Crippen LogP contribution is -2.38. The van der Waals surface area contributed by atoms with Crippen LogP contribution in [0.1, 0.15) is 63.4 Å². The van der Waals surface area contributed by atoms with Crippen molar-refractivity contribution in [2.75, 3.05) is 31.1 Å². The van der Waals surface area contributed by atoms with E-state index in [1.807, 2.05) is 0 Å². The number of carbonyl (C=O) groups is 2. The number of carbonyl (C=O) groups excluding carboxylic acids is 2. The fourth-order valence-corrected chi connectivity index (χ4v) is 4.52. The summed E-state index contributed by atoms with van der Waals surface area (Å²) in [4.78, 5) is 31.0. The molecular formula is C23H23F4N3O3. The normalized spacial score (nSPS) is 17.5. The van der Waals surface area contributed by atoms with Crippen molar-refractivity contribution in [3.63, 3.8) is 0 Å². The molecule has 6 nitrogen and oxygen atoms in total. The first-order chi connectivity index (χ1) is 15.7. The van der Waals surface area contributed by atoms with Gasteiger partial charge in [-0.15, -0.1) is 0 Å². The minimum absolute atomic E-state index is 0.0308. The lowest BCUT2D eigenvalue weighted by Gasteiger charge is -2.33. The maximum absolute atomic E-state index is 13.8. The molecule has 2 aliphatic heterocycles. The zero-order chi connectivity index (χ0) is 23.8. The van der Waals surface area contributed by atoms with Gasteiger partial charge in [-0.1, -0.05) is 0 Å². The average Bonchev–Trinajstić information content (AvgIpc) is 3.34. The molecule has 1 N–H and O–H groups in total. The van der Waals surface area contributed by atoms with Crippen LogP contribution < -0.4 is 4.90 Å². The third kappa shape index (κ3) is 4.65. The van der Waals surface area contributed by atoms with Crippen LogP contribution in [0.25, 0.3) is 0 Å². The highest BCUT2D eigenvalue weighted by Gasteiger charge is 2.37. The molecule has 1 amide bonds. The first-order valence-electron chi connectivity index (χ1n) is 10.8. The van der Waals surface area contributed by atoms with Crippen molar-refractivity contribution < 1.29 is 32.3 Å². The number of amides is 1. The highest BCUT2D eigenvalue weighted by molar-refractivity contribution is 5.96. The molecule has 3 heterocycles. The van der Waals surface area contributed by atoms with Gasteiger partial charge in [0.1, 0.15) is 5.82 Å². The molecule has 0 atom stereocenters. The lowest BCUT2D eigenvalue weighted by molar-refractivity contribution is -0.137. The number of piperidine rings is 1. The first kappa shape index (κ1) is 23.0. The molecular weight excluding hydrogens is 442 g/mol. The summed E-state index contributed by atoms with van der Waals surface area (Å²) in [5.41, 5.74) is -0.642. The van der Waals surface area contributed by atoms with E-state index in [1.54, 1.807) is 4.90 Å². The number of pyridine rings is 1. The number of likely N-dealkylation sites (tertiary alicyclic amines) is 1. The van der Waals surface area contributed by atoms with Gasteiger partial charge in [0.25, 0.3) is 5.91 Å². The first-order valence-corrected chi connectivity index (χ1v) is 10.8. The SMILES string of the molecule is O=Cc1cc(C(=O)N2CCC(c3cnc(N4CCCC4)c(C(F)(F)F)c3)CC2)cc(F)c1O. The molecule has 0 saturated carbocycles. The number of anilines is 1. The van der Waals surface area contributed by atoms with Crippen LogP contribution in [-0.4, -0.2) is 53.4 Å². The fourth-order valence-electron chi connectivity index (χ4n) is 4.52. The summed E-state index contributed by atoms with van der Waals surface area (Å²) < 4.78 is 55.0. The van der Waals surface area contributed by atoms with Crippen molar-refractivity contribution >= 4 is 18.0 Å². The summed E-state index contributed by atoms with van der Waals surface area (Å²) in [6, 6.07) is 3.16. The van der Waals surface area contributed by atoms with E-state index < -0.39 is 29.2 Å². The molecule has 4 rings (SSSR count). The van der Waals surface area contributed by atoms with E-state index in [4.69, 9.17) is 0 Å². The Balaban J connectivity index is 1.49. The van der Waals surface area contributed by atoms with Gasteiger partial charge in [0.2, 0.25) is 0 Å². The van der Waals surface area contributed by atoms with Crippen LogP contribution >= 0.6 is 0 Å². The molecule has 2 aromatic rings. The molecule has 33 heavy (non-hydrogen) atoms. The Morgan fingerprint density at radius 1 is 1.09 bits per heavy atom. The highest BCUT2D eigenvalue weighted by Crippen LogP contribution is 2.39. The summed E-state index contributed by atoms with van der Waals surface area (Å²) in [6.07, 6.45) is -0.227. The second kappa shape index (κ2) is 8.99. The topological polar surface area (TPSA) is 73.7 Å². The van der Waals surface area contributed by atoms with Gasteiger partial charge in [0.15, 0.2) is 17.9 Å². The van der Waals surface area contributed by atoms with Gasteiger partial charge in [0, 0.05) is 37.9 Å². The maximum atomic E-state index is 13.8. The Labute approximate surface area is 187 Å². The molecule has 10 heteroatoms. The van der Waals surface area contributed by atoms with Gasteiger partial charge in [-0.05, 0) is 55.4 Å². The number of benzene rings is 1. The van der Waals surface area contributed by atoms with Crippen LogP contribution in [0.3, 0.4) is 0 Å². The van der Waals surface area contributed by atoms with E-state index in [0.29, 0.717) is 31.5 Å². The molecule has 1 aromatic heterocycles. The van der Waals surface area contributed by atoms with Gasteiger partial charge < -0.3 is 14.9 Å². The Morgan fingerprint density at radius 3 is 2.36 bits per heavy atom. The summed E-state index contributed by atoms with van der Waals surface area (Å²) in [5, 5.41) is 9.52. The van der Waals surface area contributed by atoms with E-state index in [-0.39, 0.29) is 42.2 Å². The maximum Gasteiger partial charge on any atom is 0.419 e. The van der Waals surface area contributed by atoms with Crippen molar-refractivity contribution in [1.82, 2.24) is 9.88 Å². The van der Waals surface area contributed by atoms with E-state index in [2.05, 4.69) is 4.98 Å². The molecule has 0 radical (unpaired) electrons. The second-order valence-electron chi connectivity index (χ2n) is 8.41. The van der Waals surface area contributed by atoms with E-state index in [9.17, 15) is 32.3 Å². The summed E-state index contributed by atoms with van der Waals surface area (Å²) in [5.74, 6) is -2.62. The minimum atomic E-state index is -4.52. The molecule has 2 saturated heterocycles. The van der Waals surface area contributed by atoms with Crippen LogP contribution in [-0.2, 0) is 6.18 Å². The van der Waals surface area contributed by atoms with Crippen LogP contribution in [0.5, 0.6) is 5.75 Å². The average molecular weight is 465 g/mol. The molecule has 2 aliphatic rings. The standard InChI is InChI=1S/C23H23F4N3O3/c24-19-11-15(9-17(13-31)20(19)32)22(33)30-7-3-14(4-8-30)16-10-18(23(25,26)27)21(28-12-16)29-5-1-2-6-29/h9-14,32H,1-8H2. The number of phenols is 1. The Kier molecular flexibility index (Phi) is 6.27. The number of aldehydes is 1. The Morgan fingerprint density at radius 2 is 1.76 bits per heavy atom. The Bertz CT molecular complexity index is 1060. The summed E-state index contributed by atoms with van der Waals surface area (Å²) >= 11 is 0. The van der Waals surface area contributed by atoms with Crippen molar-refractivity contribution in [3.8, 4) is 5.75 Å². The molecule has 2 fully saturated rings. The number of alkyl halides is 3. The van der Waals surface area contributed by atoms with Crippen molar-refractivity contribution in [2.24, 2.45) is 0 Å². The molecule has 0 unspecified atom stereocenters. The number of hydrogen-bond donors (Lipinski definition) is 1. The third-order valence-corrected chi connectivity index (χ3v) is 6.32. The van der Waals surface area contributed by atoms with E-state index in [0.717, 1.165) is 25.0 Å². The number of halogens is 4. The molecule has 0 aliphatic carbocycles. The monoisotopic (exact) mass is 465 g/mol. The Hall–Kier alpha value is -3.17. The summed E-state index contributed by atoms with van der Waals surface area (Å²) in [6.45, 7) is 1.63. The largest absolute Gasteiger partial charge is 0.504 e. The zero-order valence-corrected chi connectivity index (χ0v) is 17.7. The molecule has 1 aromatic carbocycles. The number of aromatic nitrogens is 1. The number of phenolic OH excluding ortho intramolecular Hbond substituents is 1. The van der Waals surface area contributed by atoms with Crippen LogP contribution in [0.4, 0.5) is 23.4 Å². The fraction of sp³-hybridized carbons (Fsp3) is 0.435. The van der Waals surface area contributed by atoms with Gasteiger partial charge in [-0.2, -0.15) is 13.2 Å². The molecule has 0 bridgehead atoms. The third-order valence-electron chi connectivity index (χ3n) is 6.32. The van der Waals surface area contributed by atoms with Crippen molar-refractivity contribution in [1.29, 1.82) is 0 Å². The van der Waals surface area contributed by atoms with Crippen LogP contribution in [0.2, 0.25) is 0 Å². The molecule has 176 valence electrons. The van der Waals surface area contributed by atoms with Gasteiger partial charge in [-0.3, -0.25) is 9.59 Å². The number of nitrogens with zero attached hydrogens (tertiary/aromatic N) is 3. The molecule has 0 spiro atoms. The van der Waals surface area contributed by atoms with Crippen LogP contribution in [0.15, 0.2) is 24.4 Å². The highest BCUT2D eigenvalue weighted by atomic mass is 19.4. The number of hydrogen-bond acceptors (Lipinski definition) is 5. The quantitative estimate of drug-likeness (QED) is 0.536. The van der Waals surface area contributed by atoms with E-state index >= 15 is 0 Å². The van der Waals surface area contributed by atoms with Gasteiger partial charge >= 0.3 is 6.18 Å². The second-order valence-corrected chi connectivity index (χ2v) is 8.41. The predicted octanol–water partition coefficient (Wildman–Crippen LogP) is 4.38. The van der Waals surface area contributed by atoms with Gasteiger partial charge in [-0.25, -0.2) is 9.37 Å². The predicted molar refractivity (Wildman–Crippen MR) is 112 cm³/mol. The summed E-state index contributed by atoms with van der Waals surface area (Å²) in [7, 11) is 0. The van der Waals surface area contributed by atoms with Crippen LogP contribution in [0, 0.1) is 5.82 Å². The van der Waals surface area contributed by atoms with E-state index in [1.165, 1.54) is 17.2 Å². The smallest absolute Gasteiger partial charge is 0.419 e. The zero-order valence-electron chi connectivity index (χ0n) is 17.7. The number of aromatic hydroxyl groups is 1. The number of rotatable bonds is 4.